The summed E-state index contributed by atoms with van der Waals surface area (Å²) in [6.07, 6.45) is 5.21. The molecule has 0 amide bonds. The topological polar surface area (TPSA) is 66.2 Å². The molecule has 184 valence electrons. The van der Waals surface area contributed by atoms with Gasteiger partial charge in [-0.3, -0.25) is 9.78 Å². The van der Waals surface area contributed by atoms with Gasteiger partial charge in [0, 0.05) is 27.6 Å². The Bertz CT molecular complexity index is 1600. The van der Waals surface area contributed by atoms with Gasteiger partial charge in [0.05, 0.1) is 31.1 Å². The Morgan fingerprint density at radius 2 is 1.70 bits per heavy atom. The molecule has 37 heavy (non-hydrogen) atoms. The molecule has 0 saturated carbocycles. The van der Waals surface area contributed by atoms with Crippen molar-refractivity contribution < 1.29 is 14.3 Å². The third-order valence-corrected chi connectivity index (χ3v) is 7.07. The minimum absolute atomic E-state index is 0.143. The molecule has 5 rings (SSSR count). The number of aryl methyl sites for hydroxylation is 1. The van der Waals surface area contributed by atoms with Gasteiger partial charge < -0.3 is 9.47 Å². The number of hydrogen-bond acceptors (Lipinski definition) is 6. The van der Waals surface area contributed by atoms with Gasteiger partial charge >= 0.3 is 0 Å². The van der Waals surface area contributed by atoms with Crippen molar-refractivity contribution in [2.75, 3.05) is 14.2 Å². The van der Waals surface area contributed by atoms with E-state index in [4.69, 9.17) is 14.6 Å². The number of ketones is 1. The zero-order valence-electron chi connectivity index (χ0n) is 20.7. The van der Waals surface area contributed by atoms with Gasteiger partial charge in [-0.05, 0) is 61.5 Å². The van der Waals surface area contributed by atoms with Crippen molar-refractivity contribution in [1.82, 2.24) is 14.8 Å². The summed E-state index contributed by atoms with van der Waals surface area (Å²) in [6, 6.07) is 25.2. The van der Waals surface area contributed by atoms with Crippen LogP contribution < -0.4 is 9.47 Å². The molecule has 0 unspecified atom stereocenters. The smallest absolute Gasteiger partial charge is 0.185 e. The van der Waals surface area contributed by atoms with Gasteiger partial charge in [-0.2, -0.15) is 5.10 Å². The van der Waals surface area contributed by atoms with Crippen LogP contribution >= 0.6 is 11.8 Å². The Labute approximate surface area is 219 Å². The molecule has 2 heterocycles. The number of nitrogens with zero attached hydrogens (tertiary/aromatic N) is 3. The Kier molecular flexibility index (Phi) is 7.05. The molecule has 3 aromatic carbocycles. The van der Waals surface area contributed by atoms with Crippen LogP contribution in [0.3, 0.4) is 0 Å². The van der Waals surface area contributed by atoms with Crippen molar-refractivity contribution in [2.24, 2.45) is 0 Å². The molecule has 0 fully saturated rings. The van der Waals surface area contributed by atoms with Crippen LogP contribution in [-0.2, 0) is 0 Å². The SMILES string of the molecule is COc1ccc(C(=O)/C=C/c2c(C)nn(-c3ccccc3)c2Sc2cccc3cccnc23)cc1OC. The highest BCUT2D eigenvalue weighted by Crippen LogP contribution is 2.37. The number of pyridine rings is 1. The molecule has 0 atom stereocenters. The van der Waals surface area contributed by atoms with E-state index in [1.54, 1.807) is 56.5 Å². The lowest BCUT2D eigenvalue weighted by Gasteiger charge is -2.10. The second-order valence-corrected chi connectivity index (χ2v) is 9.28. The lowest BCUT2D eigenvalue weighted by atomic mass is 10.1. The van der Waals surface area contributed by atoms with Gasteiger partial charge in [0.1, 0.15) is 5.03 Å². The monoisotopic (exact) mass is 507 g/mol. The number of allylic oxidation sites excluding steroid dienone is 1. The summed E-state index contributed by atoms with van der Waals surface area (Å²) in [5.41, 5.74) is 4.05. The van der Waals surface area contributed by atoms with Crippen molar-refractivity contribution in [1.29, 1.82) is 0 Å². The van der Waals surface area contributed by atoms with E-state index >= 15 is 0 Å². The zero-order chi connectivity index (χ0) is 25.8. The van der Waals surface area contributed by atoms with E-state index in [0.29, 0.717) is 17.1 Å². The lowest BCUT2D eigenvalue weighted by Crippen LogP contribution is -1.99. The van der Waals surface area contributed by atoms with Gasteiger partial charge in [-0.1, -0.05) is 48.2 Å². The van der Waals surface area contributed by atoms with Crippen LogP contribution in [0.2, 0.25) is 0 Å². The van der Waals surface area contributed by atoms with Crippen molar-refractivity contribution in [3.05, 3.63) is 108 Å². The molecule has 0 bridgehead atoms. The van der Waals surface area contributed by atoms with Crippen LogP contribution in [0.5, 0.6) is 11.5 Å². The van der Waals surface area contributed by atoms with E-state index < -0.39 is 0 Å². The standard InChI is InChI=1S/C30H25N3O3S/c1-20-24(15-16-25(34)22-14-17-26(35-2)27(19-22)36-3)30(33(32-20)23-11-5-4-6-12-23)37-28-13-7-9-21-10-8-18-31-29(21)28/h4-19H,1-3H3/b16-15+. The fourth-order valence-corrected chi connectivity index (χ4v) is 5.24. The van der Waals surface area contributed by atoms with Crippen molar-refractivity contribution in [3.8, 4) is 17.2 Å². The van der Waals surface area contributed by atoms with Crippen LogP contribution in [-0.4, -0.2) is 34.8 Å². The van der Waals surface area contributed by atoms with Crippen molar-refractivity contribution in [2.45, 2.75) is 16.8 Å². The predicted molar refractivity (Wildman–Crippen MR) is 147 cm³/mol. The summed E-state index contributed by atoms with van der Waals surface area (Å²) in [4.78, 5) is 18.7. The second-order valence-electron chi connectivity index (χ2n) is 8.25. The summed E-state index contributed by atoms with van der Waals surface area (Å²) in [6.45, 7) is 1.95. The number of methoxy groups -OCH3 is 2. The number of para-hydroxylation sites is 2. The maximum atomic E-state index is 13.1. The Morgan fingerprint density at radius 1 is 0.919 bits per heavy atom. The maximum absolute atomic E-state index is 13.1. The van der Waals surface area contributed by atoms with Gasteiger partial charge in [0.2, 0.25) is 0 Å². The van der Waals surface area contributed by atoms with Gasteiger partial charge in [0.15, 0.2) is 17.3 Å². The number of hydrogen-bond donors (Lipinski definition) is 0. The lowest BCUT2D eigenvalue weighted by molar-refractivity contribution is 0.104. The third-order valence-electron chi connectivity index (χ3n) is 5.94. The third kappa shape index (κ3) is 4.99. The molecule has 0 aliphatic heterocycles. The van der Waals surface area contributed by atoms with E-state index in [9.17, 15) is 4.79 Å². The highest BCUT2D eigenvalue weighted by molar-refractivity contribution is 7.99. The Hall–Kier alpha value is -4.36. The summed E-state index contributed by atoms with van der Waals surface area (Å²) in [5, 5.41) is 6.80. The molecule has 0 aliphatic rings. The van der Waals surface area contributed by atoms with E-state index in [0.717, 1.165) is 37.8 Å². The predicted octanol–water partition coefficient (Wildman–Crippen LogP) is 6.79. The number of aromatic nitrogens is 3. The van der Waals surface area contributed by atoms with Crippen molar-refractivity contribution in [3.63, 3.8) is 0 Å². The first kappa shape index (κ1) is 24.3. The molecule has 0 aliphatic carbocycles. The first-order valence-electron chi connectivity index (χ1n) is 11.7. The summed E-state index contributed by atoms with van der Waals surface area (Å²) in [7, 11) is 3.12. The molecular weight excluding hydrogens is 482 g/mol. The fraction of sp³-hybridized carbons (Fsp3) is 0.100. The second kappa shape index (κ2) is 10.7. The number of carbonyl (C=O) groups is 1. The largest absolute Gasteiger partial charge is 0.493 e. The molecule has 7 heteroatoms. The average molecular weight is 508 g/mol. The highest BCUT2D eigenvalue weighted by Gasteiger charge is 2.18. The summed E-state index contributed by atoms with van der Waals surface area (Å²) >= 11 is 1.58. The molecule has 0 radical (unpaired) electrons. The molecule has 6 nitrogen and oxygen atoms in total. The quantitative estimate of drug-likeness (QED) is 0.170. The van der Waals surface area contributed by atoms with E-state index in [2.05, 4.69) is 23.2 Å². The molecule has 5 aromatic rings. The number of rotatable bonds is 8. The van der Waals surface area contributed by atoms with E-state index in [1.165, 1.54) is 0 Å². The minimum Gasteiger partial charge on any atom is -0.493 e. The summed E-state index contributed by atoms with van der Waals surface area (Å²) < 4.78 is 12.6. The molecule has 2 aromatic heterocycles. The van der Waals surface area contributed by atoms with Gasteiger partial charge in [-0.15, -0.1) is 0 Å². The normalized spacial score (nSPS) is 11.2. The molecule has 0 N–H and O–H groups in total. The molecular formula is C30H25N3O3S. The Morgan fingerprint density at radius 3 is 2.49 bits per heavy atom. The van der Waals surface area contributed by atoms with E-state index in [-0.39, 0.29) is 5.78 Å². The fourth-order valence-electron chi connectivity index (χ4n) is 4.06. The number of benzene rings is 3. The Balaban J connectivity index is 1.57. The zero-order valence-corrected chi connectivity index (χ0v) is 21.5. The number of fused-ring (bicyclic) bond motifs is 1. The van der Waals surface area contributed by atoms with Gasteiger partial charge in [0.25, 0.3) is 0 Å². The van der Waals surface area contributed by atoms with Gasteiger partial charge in [-0.25, -0.2) is 4.68 Å². The van der Waals surface area contributed by atoms with Crippen molar-refractivity contribution >= 4 is 34.5 Å². The molecule has 0 saturated heterocycles. The van der Waals surface area contributed by atoms with Crippen LogP contribution in [0.15, 0.2) is 101 Å². The molecule has 0 spiro atoms. The van der Waals surface area contributed by atoms with Crippen LogP contribution in [0, 0.1) is 6.92 Å². The number of carbonyl (C=O) groups excluding carboxylic acids is 1. The van der Waals surface area contributed by atoms with Crippen LogP contribution in [0.25, 0.3) is 22.7 Å². The maximum Gasteiger partial charge on any atom is 0.185 e. The highest BCUT2D eigenvalue weighted by atomic mass is 32.2. The summed E-state index contributed by atoms with van der Waals surface area (Å²) in [5.74, 6) is 0.940. The van der Waals surface area contributed by atoms with E-state index in [1.807, 2.05) is 60.1 Å². The number of ether oxygens (including phenoxy) is 2. The average Bonchev–Trinajstić information content (AvgIpc) is 3.26. The van der Waals surface area contributed by atoms with Crippen LogP contribution in [0.4, 0.5) is 0 Å². The van der Waals surface area contributed by atoms with Crippen LogP contribution in [0.1, 0.15) is 21.6 Å². The minimum atomic E-state index is -0.143. The first-order valence-corrected chi connectivity index (χ1v) is 12.5. The first-order chi connectivity index (χ1) is 18.1.